The third kappa shape index (κ3) is 3.52. The lowest BCUT2D eigenvalue weighted by atomic mass is 9.91. The molecule has 0 unspecified atom stereocenters. The van der Waals surface area contributed by atoms with E-state index in [1.165, 1.54) is 0 Å². The fourth-order valence-electron chi connectivity index (χ4n) is 2.07. The SMILES string of the molecule is C[C@H](C(=O)c1ccccc1)[C@@H](O)Cc1ccccc1. The molecular formula is C17H18O2. The molecule has 1 N–H and O–H groups in total. The van der Waals surface area contributed by atoms with Crippen LogP contribution in [-0.2, 0) is 6.42 Å². The Morgan fingerprint density at radius 2 is 1.53 bits per heavy atom. The molecule has 0 heterocycles. The maximum atomic E-state index is 12.2. The molecule has 2 aromatic carbocycles. The number of hydrogen-bond donors (Lipinski definition) is 1. The van der Waals surface area contributed by atoms with Crippen LogP contribution in [0.2, 0.25) is 0 Å². The number of carbonyl (C=O) groups excluding carboxylic acids is 1. The molecule has 0 saturated heterocycles. The molecule has 2 heteroatoms. The van der Waals surface area contributed by atoms with Crippen LogP contribution in [0, 0.1) is 5.92 Å². The molecule has 2 nitrogen and oxygen atoms in total. The van der Waals surface area contributed by atoms with E-state index in [-0.39, 0.29) is 5.78 Å². The van der Waals surface area contributed by atoms with Crippen molar-refractivity contribution in [2.45, 2.75) is 19.4 Å². The second-order valence-electron chi connectivity index (χ2n) is 4.78. The monoisotopic (exact) mass is 254 g/mol. The van der Waals surface area contributed by atoms with E-state index in [0.29, 0.717) is 12.0 Å². The molecule has 0 aliphatic rings. The van der Waals surface area contributed by atoms with E-state index in [1.54, 1.807) is 19.1 Å². The smallest absolute Gasteiger partial charge is 0.168 e. The zero-order valence-corrected chi connectivity index (χ0v) is 11.0. The van der Waals surface area contributed by atoms with E-state index in [4.69, 9.17) is 0 Å². The number of ketones is 1. The van der Waals surface area contributed by atoms with Crippen molar-refractivity contribution in [3.8, 4) is 0 Å². The summed E-state index contributed by atoms with van der Waals surface area (Å²) in [5.41, 5.74) is 1.70. The molecule has 0 fully saturated rings. The van der Waals surface area contributed by atoms with Gasteiger partial charge in [-0.05, 0) is 12.0 Å². The van der Waals surface area contributed by atoms with E-state index in [0.717, 1.165) is 5.56 Å². The van der Waals surface area contributed by atoms with Gasteiger partial charge in [-0.1, -0.05) is 67.6 Å². The first kappa shape index (κ1) is 13.5. The second kappa shape index (κ2) is 6.30. The number of carbonyl (C=O) groups is 1. The minimum absolute atomic E-state index is 0.0102. The summed E-state index contributed by atoms with van der Waals surface area (Å²) in [7, 11) is 0. The highest BCUT2D eigenvalue weighted by Gasteiger charge is 2.23. The molecule has 0 saturated carbocycles. The molecule has 19 heavy (non-hydrogen) atoms. The van der Waals surface area contributed by atoms with Crippen LogP contribution in [0.15, 0.2) is 60.7 Å². The molecule has 0 spiro atoms. The summed E-state index contributed by atoms with van der Waals surface area (Å²) < 4.78 is 0. The van der Waals surface area contributed by atoms with Crippen molar-refractivity contribution >= 4 is 5.78 Å². The van der Waals surface area contributed by atoms with Gasteiger partial charge in [-0.25, -0.2) is 0 Å². The number of aliphatic hydroxyl groups excluding tert-OH is 1. The van der Waals surface area contributed by atoms with Crippen LogP contribution >= 0.6 is 0 Å². The van der Waals surface area contributed by atoms with Gasteiger partial charge in [0.2, 0.25) is 0 Å². The molecule has 0 bridgehead atoms. The van der Waals surface area contributed by atoms with Crippen LogP contribution in [0.3, 0.4) is 0 Å². The van der Waals surface area contributed by atoms with E-state index >= 15 is 0 Å². The topological polar surface area (TPSA) is 37.3 Å². The van der Waals surface area contributed by atoms with Crippen LogP contribution in [0.4, 0.5) is 0 Å². The van der Waals surface area contributed by atoms with Gasteiger partial charge < -0.3 is 5.11 Å². The van der Waals surface area contributed by atoms with Crippen LogP contribution in [0.25, 0.3) is 0 Å². The molecule has 0 amide bonds. The number of benzene rings is 2. The highest BCUT2D eigenvalue weighted by atomic mass is 16.3. The molecule has 0 aliphatic carbocycles. The summed E-state index contributed by atoms with van der Waals surface area (Å²) >= 11 is 0. The average molecular weight is 254 g/mol. The summed E-state index contributed by atoms with van der Waals surface area (Å²) in [5, 5.41) is 10.2. The van der Waals surface area contributed by atoms with Crippen molar-refractivity contribution in [2.24, 2.45) is 5.92 Å². The molecule has 2 rings (SSSR count). The molecule has 2 atom stereocenters. The molecule has 0 aromatic heterocycles. The van der Waals surface area contributed by atoms with Gasteiger partial charge >= 0.3 is 0 Å². The van der Waals surface area contributed by atoms with Gasteiger partial charge in [0.15, 0.2) is 5.78 Å². The van der Waals surface area contributed by atoms with Gasteiger partial charge in [-0.2, -0.15) is 0 Å². The average Bonchev–Trinajstić information content (AvgIpc) is 2.47. The molecular weight excluding hydrogens is 236 g/mol. The lowest BCUT2D eigenvalue weighted by Gasteiger charge is -2.18. The molecule has 2 aromatic rings. The van der Waals surface area contributed by atoms with Crippen LogP contribution in [0.1, 0.15) is 22.8 Å². The predicted molar refractivity (Wildman–Crippen MR) is 76.1 cm³/mol. The van der Waals surface area contributed by atoms with Gasteiger partial charge in [0.05, 0.1) is 6.10 Å². The Bertz CT molecular complexity index is 519. The summed E-state index contributed by atoms with van der Waals surface area (Å²) in [6.07, 6.45) is -0.157. The lowest BCUT2D eigenvalue weighted by molar-refractivity contribution is 0.0716. The van der Waals surface area contributed by atoms with Crippen molar-refractivity contribution in [1.29, 1.82) is 0 Å². The maximum Gasteiger partial charge on any atom is 0.168 e. The van der Waals surface area contributed by atoms with Crippen molar-refractivity contribution in [2.75, 3.05) is 0 Å². The first-order valence-corrected chi connectivity index (χ1v) is 6.49. The second-order valence-corrected chi connectivity index (χ2v) is 4.78. The van der Waals surface area contributed by atoms with E-state index < -0.39 is 12.0 Å². The fourth-order valence-corrected chi connectivity index (χ4v) is 2.07. The van der Waals surface area contributed by atoms with Crippen LogP contribution in [0.5, 0.6) is 0 Å². The number of rotatable bonds is 5. The minimum Gasteiger partial charge on any atom is -0.392 e. The Kier molecular flexibility index (Phi) is 4.48. The van der Waals surface area contributed by atoms with Gasteiger partial charge in [0.25, 0.3) is 0 Å². The standard InChI is InChI=1S/C17H18O2/c1-13(17(19)15-10-6-3-7-11-15)16(18)12-14-8-4-2-5-9-14/h2-11,13,16,18H,12H2,1H3/t13-,16-/m0/s1. The van der Waals surface area contributed by atoms with Crippen molar-refractivity contribution in [3.05, 3.63) is 71.8 Å². The quantitative estimate of drug-likeness (QED) is 0.832. The predicted octanol–water partition coefficient (Wildman–Crippen LogP) is 3.11. The zero-order valence-electron chi connectivity index (χ0n) is 11.0. The summed E-state index contributed by atoms with van der Waals surface area (Å²) in [6, 6.07) is 18.9. The van der Waals surface area contributed by atoms with E-state index in [2.05, 4.69) is 0 Å². The van der Waals surface area contributed by atoms with Gasteiger partial charge in [0, 0.05) is 11.5 Å². The lowest BCUT2D eigenvalue weighted by Crippen LogP contribution is -2.27. The van der Waals surface area contributed by atoms with Gasteiger partial charge in [-0.3, -0.25) is 4.79 Å². The Morgan fingerprint density at radius 3 is 2.11 bits per heavy atom. The maximum absolute atomic E-state index is 12.2. The number of Topliss-reactive ketones (excluding diaryl/α,β-unsaturated/α-hetero) is 1. The first-order chi connectivity index (χ1) is 9.18. The number of hydrogen-bond acceptors (Lipinski definition) is 2. The first-order valence-electron chi connectivity index (χ1n) is 6.49. The highest BCUT2D eigenvalue weighted by Crippen LogP contribution is 2.16. The normalized spacial score (nSPS) is 13.8. The largest absolute Gasteiger partial charge is 0.392 e. The van der Waals surface area contributed by atoms with E-state index in [1.807, 2.05) is 48.5 Å². The van der Waals surface area contributed by atoms with Crippen molar-refractivity contribution < 1.29 is 9.90 Å². The third-order valence-corrected chi connectivity index (χ3v) is 3.34. The zero-order chi connectivity index (χ0) is 13.7. The Labute approximate surface area is 113 Å². The highest BCUT2D eigenvalue weighted by molar-refractivity contribution is 5.97. The van der Waals surface area contributed by atoms with Crippen molar-refractivity contribution in [1.82, 2.24) is 0 Å². The molecule has 0 radical (unpaired) electrons. The Hall–Kier alpha value is -1.93. The molecule has 98 valence electrons. The van der Waals surface area contributed by atoms with Gasteiger partial charge in [0.1, 0.15) is 0 Å². The van der Waals surface area contributed by atoms with Gasteiger partial charge in [-0.15, -0.1) is 0 Å². The summed E-state index contributed by atoms with van der Waals surface area (Å²) in [5.74, 6) is -0.411. The van der Waals surface area contributed by atoms with Crippen LogP contribution in [-0.4, -0.2) is 17.0 Å². The number of aliphatic hydroxyl groups is 1. The van der Waals surface area contributed by atoms with Crippen molar-refractivity contribution in [3.63, 3.8) is 0 Å². The fraction of sp³-hybridized carbons (Fsp3) is 0.235. The third-order valence-electron chi connectivity index (χ3n) is 3.34. The summed E-state index contributed by atoms with van der Waals surface area (Å²) in [6.45, 7) is 1.78. The molecule has 0 aliphatic heterocycles. The Morgan fingerprint density at radius 1 is 1.00 bits per heavy atom. The van der Waals surface area contributed by atoms with E-state index in [9.17, 15) is 9.90 Å². The minimum atomic E-state index is -0.657. The Balaban J connectivity index is 2.03. The summed E-state index contributed by atoms with van der Waals surface area (Å²) in [4.78, 5) is 12.2. The van der Waals surface area contributed by atoms with Crippen LogP contribution < -0.4 is 0 Å².